The van der Waals surface area contributed by atoms with Crippen molar-refractivity contribution in [3.8, 4) is 0 Å². The van der Waals surface area contributed by atoms with Gasteiger partial charge in [0.05, 0.1) is 36.1 Å². The molecule has 236 valence electrons. The Morgan fingerprint density at radius 3 is 2.43 bits per heavy atom. The highest BCUT2D eigenvalue weighted by Gasteiger charge is 2.30. The average Bonchev–Trinajstić information content (AvgIpc) is 3.56. The van der Waals surface area contributed by atoms with Crippen LogP contribution in [0, 0.1) is 12.7 Å². The van der Waals surface area contributed by atoms with Crippen molar-refractivity contribution in [2.45, 2.75) is 82.8 Å². The molecule has 2 N–H and O–H groups in total. The highest BCUT2D eigenvalue weighted by atomic mass is 32.2. The Balaban J connectivity index is 1.54. The second kappa shape index (κ2) is 15.3. The van der Waals surface area contributed by atoms with Crippen molar-refractivity contribution >= 4 is 51.9 Å². The number of thiophene rings is 1. The van der Waals surface area contributed by atoms with E-state index in [0.29, 0.717) is 16.5 Å². The summed E-state index contributed by atoms with van der Waals surface area (Å²) >= 11 is 2.16. The second-order valence-corrected chi connectivity index (χ2v) is 12.5. The summed E-state index contributed by atoms with van der Waals surface area (Å²) in [5.41, 5.74) is 0.429. The first kappa shape index (κ1) is 33.1. The third-order valence-corrected chi connectivity index (χ3v) is 9.42. The van der Waals surface area contributed by atoms with Crippen LogP contribution < -0.4 is 10.6 Å². The minimum Gasteiger partial charge on any atom is -0.462 e. The molecular formula is C30H36FN5O6S2. The van der Waals surface area contributed by atoms with Gasteiger partial charge < -0.3 is 24.7 Å². The number of benzene rings is 1. The van der Waals surface area contributed by atoms with Crippen LogP contribution in [0.1, 0.15) is 101 Å². The van der Waals surface area contributed by atoms with Crippen molar-refractivity contribution in [2.24, 2.45) is 0 Å². The molecule has 2 amide bonds. The first-order chi connectivity index (χ1) is 21.2. The lowest BCUT2D eigenvalue weighted by atomic mass is 9.95. The summed E-state index contributed by atoms with van der Waals surface area (Å²) in [6, 6.07) is 5.83. The molecule has 0 aliphatic heterocycles. The Morgan fingerprint density at radius 1 is 1.07 bits per heavy atom. The number of anilines is 1. The van der Waals surface area contributed by atoms with Gasteiger partial charge in [0.15, 0.2) is 11.0 Å². The summed E-state index contributed by atoms with van der Waals surface area (Å²) in [6.45, 7) is 7.00. The zero-order chi connectivity index (χ0) is 31.8. The fourth-order valence-corrected chi connectivity index (χ4v) is 7.01. The van der Waals surface area contributed by atoms with Gasteiger partial charge >= 0.3 is 11.9 Å². The quantitative estimate of drug-likeness (QED) is 0.188. The molecule has 0 unspecified atom stereocenters. The summed E-state index contributed by atoms with van der Waals surface area (Å²) in [5, 5.41) is 14.3. The number of carbonyl (C=O) groups excluding carboxylic acids is 4. The minimum absolute atomic E-state index is 0.0335. The minimum atomic E-state index is -0.675. The number of nitrogens with one attached hydrogen (secondary N) is 2. The van der Waals surface area contributed by atoms with E-state index in [1.54, 1.807) is 33.8 Å². The molecule has 11 nitrogen and oxygen atoms in total. The van der Waals surface area contributed by atoms with Crippen LogP contribution in [-0.2, 0) is 20.8 Å². The Bertz CT molecular complexity index is 1520. The number of amides is 2. The molecule has 2 aromatic heterocycles. The van der Waals surface area contributed by atoms with Crippen LogP contribution in [0.3, 0.4) is 0 Å². The van der Waals surface area contributed by atoms with Gasteiger partial charge in [-0.25, -0.2) is 14.0 Å². The Kier molecular flexibility index (Phi) is 11.5. The van der Waals surface area contributed by atoms with Gasteiger partial charge in [-0.1, -0.05) is 43.2 Å². The van der Waals surface area contributed by atoms with Crippen LogP contribution in [0.4, 0.5) is 9.39 Å². The molecule has 0 radical (unpaired) electrons. The number of nitrogens with zero attached hydrogens (tertiary/aromatic N) is 3. The smallest absolute Gasteiger partial charge is 0.348 e. The SMILES string of the molecule is CCOC(=O)c1sc(NC(=O)[C@H](C)Sc2nnc(CNC(=O)c3ccccc3F)n2C2CCCCC2)c(C(=O)OCC)c1C. The van der Waals surface area contributed by atoms with Crippen molar-refractivity contribution in [1.82, 2.24) is 20.1 Å². The van der Waals surface area contributed by atoms with E-state index < -0.39 is 34.8 Å². The van der Waals surface area contributed by atoms with E-state index in [0.717, 1.165) is 43.4 Å². The molecule has 2 heterocycles. The molecule has 1 fully saturated rings. The van der Waals surface area contributed by atoms with Gasteiger partial charge in [0, 0.05) is 6.04 Å². The molecule has 14 heteroatoms. The van der Waals surface area contributed by atoms with E-state index in [1.807, 2.05) is 4.57 Å². The number of hydrogen-bond acceptors (Lipinski definition) is 10. The van der Waals surface area contributed by atoms with E-state index in [4.69, 9.17) is 9.47 Å². The topological polar surface area (TPSA) is 142 Å². The maximum Gasteiger partial charge on any atom is 0.348 e. The maximum atomic E-state index is 14.1. The second-order valence-electron chi connectivity index (χ2n) is 10.2. The number of halogens is 1. The molecule has 44 heavy (non-hydrogen) atoms. The Hall–Kier alpha value is -3.78. The van der Waals surface area contributed by atoms with Gasteiger partial charge in [-0.2, -0.15) is 0 Å². The van der Waals surface area contributed by atoms with Crippen molar-refractivity contribution in [2.75, 3.05) is 18.5 Å². The molecule has 4 rings (SSSR count). The number of hydrogen-bond donors (Lipinski definition) is 2. The molecule has 1 aliphatic carbocycles. The summed E-state index contributed by atoms with van der Waals surface area (Å²) in [7, 11) is 0. The lowest BCUT2D eigenvalue weighted by Crippen LogP contribution is -2.27. The zero-order valence-electron chi connectivity index (χ0n) is 25.1. The van der Waals surface area contributed by atoms with Crippen LogP contribution >= 0.6 is 23.1 Å². The third-order valence-electron chi connectivity index (χ3n) is 7.18. The predicted octanol–water partition coefficient (Wildman–Crippen LogP) is 5.70. The molecular weight excluding hydrogens is 609 g/mol. The number of rotatable bonds is 12. The van der Waals surface area contributed by atoms with Gasteiger partial charge in [-0.15, -0.1) is 21.5 Å². The highest BCUT2D eigenvalue weighted by Crippen LogP contribution is 2.37. The maximum absolute atomic E-state index is 14.1. The Labute approximate surface area is 263 Å². The molecule has 0 bridgehead atoms. The third kappa shape index (κ3) is 7.65. The first-order valence-corrected chi connectivity index (χ1v) is 16.3. The normalized spacial score (nSPS) is 14.1. The molecule has 1 aromatic carbocycles. The summed E-state index contributed by atoms with van der Waals surface area (Å²) in [5.74, 6) is -2.31. The number of thioether (sulfide) groups is 1. The average molecular weight is 646 g/mol. The molecule has 1 atom stereocenters. The molecule has 3 aromatic rings. The van der Waals surface area contributed by atoms with Crippen LogP contribution in [0.25, 0.3) is 0 Å². The van der Waals surface area contributed by atoms with Gasteiger partial charge in [0.2, 0.25) is 5.91 Å². The monoisotopic (exact) mass is 645 g/mol. The van der Waals surface area contributed by atoms with E-state index in [2.05, 4.69) is 20.8 Å². The molecule has 1 saturated carbocycles. The number of esters is 2. The lowest BCUT2D eigenvalue weighted by Gasteiger charge is -2.26. The van der Waals surface area contributed by atoms with Crippen molar-refractivity contribution in [3.05, 3.63) is 57.5 Å². The van der Waals surface area contributed by atoms with Crippen molar-refractivity contribution < 1.29 is 33.0 Å². The number of aromatic nitrogens is 3. The molecule has 0 saturated heterocycles. The molecule has 0 spiro atoms. The zero-order valence-corrected chi connectivity index (χ0v) is 26.7. The van der Waals surface area contributed by atoms with Crippen LogP contribution in [0.5, 0.6) is 0 Å². The first-order valence-electron chi connectivity index (χ1n) is 14.6. The standard InChI is InChI=1S/C30H36FN5O6S2/c1-5-41-28(39)23-17(3)24(29(40)42-6-2)44-27(23)33-25(37)18(4)43-30-35-34-22(36(30)19-12-8-7-9-13-19)16-32-26(38)20-14-10-11-15-21(20)31/h10-11,14-15,18-19H,5-9,12-13,16H2,1-4H3,(H,32,38)(H,33,37)/t18-/m0/s1. The lowest BCUT2D eigenvalue weighted by molar-refractivity contribution is -0.115. The fourth-order valence-electron chi connectivity index (χ4n) is 4.98. The van der Waals surface area contributed by atoms with Crippen LogP contribution in [0.15, 0.2) is 29.4 Å². The number of carbonyl (C=O) groups is 4. The van der Waals surface area contributed by atoms with Crippen molar-refractivity contribution in [3.63, 3.8) is 0 Å². The fraction of sp³-hybridized carbons (Fsp3) is 0.467. The van der Waals surface area contributed by atoms with Gasteiger partial charge in [0.25, 0.3) is 5.91 Å². The highest BCUT2D eigenvalue weighted by molar-refractivity contribution is 8.00. The predicted molar refractivity (Wildman–Crippen MR) is 165 cm³/mol. The molecule has 1 aliphatic rings. The van der Waals surface area contributed by atoms with Gasteiger partial charge in [0.1, 0.15) is 15.7 Å². The summed E-state index contributed by atoms with van der Waals surface area (Å²) in [6.07, 6.45) is 4.97. The van der Waals surface area contributed by atoms with E-state index in [9.17, 15) is 23.6 Å². The van der Waals surface area contributed by atoms with Gasteiger partial charge in [-0.3, -0.25) is 9.59 Å². The van der Waals surface area contributed by atoms with E-state index in [1.165, 1.54) is 30.0 Å². The summed E-state index contributed by atoms with van der Waals surface area (Å²) in [4.78, 5) is 51.6. The largest absolute Gasteiger partial charge is 0.462 e. The van der Waals surface area contributed by atoms with E-state index >= 15 is 0 Å². The van der Waals surface area contributed by atoms with Crippen molar-refractivity contribution in [1.29, 1.82) is 0 Å². The van der Waals surface area contributed by atoms with E-state index in [-0.39, 0.29) is 46.8 Å². The van der Waals surface area contributed by atoms with Crippen LogP contribution in [-0.4, -0.2) is 57.0 Å². The van der Waals surface area contributed by atoms with Crippen LogP contribution in [0.2, 0.25) is 0 Å². The summed E-state index contributed by atoms with van der Waals surface area (Å²) < 4.78 is 26.4. The Morgan fingerprint density at radius 2 is 1.75 bits per heavy atom. The number of ether oxygens (including phenoxy) is 2. The van der Waals surface area contributed by atoms with Gasteiger partial charge in [-0.05, 0) is 58.2 Å².